The van der Waals surface area contributed by atoms with Gasteiger partial charge in [-0.25, -0.2) is 4.79 Å². The highest BCUT2D eigenvalue weighted by Crippen LogP contribution is 2.17. The number of carbonyl (C=O) groups is 1. The van der Waals surface area contributed by atoms with Crippen molar-refractivity contribution in [3.8, 4) is 0 Å². The van der Waals surface area contributed by atoms with Gasteiger partial charge in [0.25, 0.3) is 0 Å². The van der Waals surface area contributed by atoms with E-state index in [-0.39, 0.29) is 5.41 Å². The van der Waals surface area contributed by atoms with Crippen molar-refractivity contribution in [3.63, 3.8) is 0 Å². The van der Waals surface area contributed by atoms with E-state index in [4.69, 9.17) is 5.11 Å². The lowest BCUT2D eigenvalue weighted by molar-refractivity contribution is 0.0697. The third-order valence-electron chi connectivity index (χ3n) is 1.93. The van der Waals surface area contributed by atoms with E-state index in [0.29, 0.717) is 5.56 Å². The van der Waals surface area contributed by atoms with Gasteiger partial charge in [-0.15, -0.1) is 0 Å². The highest BCUT2D eigenvalue weighted by molar-refractivity contribution is 5.87. The van der Waals surface area contributed by atoms with Crippen LogP contribution in [0.25, 0.3) is 6.08 Å². The van der Waals surface area contributed by atoms with Crippen molar-refractivity contribution in [3.05, 3.63) is 41.5 Å². The lowest BCUT2D eigenvalue weighted by Gasteiger charge is -2.10. The van der Waals surface area contributed by atoms with Crippen LogP contribution in [0.1, 0.15) is 36.7 Å². The zero-order valence-corrected chi connectivity index (χ0v) is 9.32. The Morgan fingerprint density at radius 2 is 1.73 bits per heavy atom. The molecule has 15 heavy (non-hydrogen) atoms. The predicted molar refractivity (Wildman–Crippen MR) is 61.9 cm³/mol. The van der Waals surface area contributed by atoms with Gasteiger partial charge in [-0.1, -0.05) is 45.1 Å². The monoisotopic (exact) mass is 204 g/mol. The third kappa shape index (κ3) is 3.98. The molecule has 0 amide bonds. The normalized spacial score (nSPS) is 11.9. The molecule has 0 bridgehead atoms. The van der Waals surface area contributed by atoms with Crippen molar-refractivity contribution in [1.82, 2.24) is 0 Å². The first kappa shape index (κ1) is 11.5. The van der Waals surface area contributed by atoms with Crippen LogP contribution in [0.15, 0.2) is 30.3 Å². The van der Waals surface area contributed by atoms with Crippen LogP contribution in [0.4, 0.5) is 0 Å². The van der Waals surface area contributed by atoms with Crippen LogP contribution in [-0.4, -0.2) is 11.1 Å². The first-order valence-corrected chi connectivity index (χ1v) is 4.91. The first-order valence-electron chi connectivity index (χ1n) is 4.91. The molecular weight excluding hydrogens is 188 g/mol. The summed E-state index contributed by atoms with van der Waals surface area (Å²) in [7, 11) is 0. The van der Waals surface area contributed by atoms with Gasteiger partial charge < -0.3 is 5.11 Å². The van der Waals surface area contributed by atoms with Crippen molar-refractivity contribution in [2.75, 3.05) is 0 Å². The molecule has 0 unspecified atom stereocenters. The molecule has 0 fully saturated rings. The maximum absolute atomic E-state index is 10.6. The Labute approximate surface area is 90.3 Å². The number of benzene rings is 1. The average Bonchev–Trinajstić information content (AvgIpc) is 2.14. The Morgan fingerprint density at radius 1 is 1.20 bits per heavy atom. The first-order chi connectivity index (χ1) is 6.88. The van der Waals surface area contributed by atoms with Crippen LogP contribution in [0, 0.1) is 5.41 Å². The Morgan fingerprint density at radius 3 is 2.13 bits per heavy atom. The van der Waals surface area contributed by atoms with Crippen molar-refractivity contribution < 1.29 is 9.90 Å². The predicted octanol–water partition coefficient (Wildman–Crippen LogP) is 3.44. The van der Waals surface area contributed by atoms with Gasteiger partial charge in [-0.05, 0) is 23.1 Å². The molecular formula is C13H16O2. The Kier molecular flexibility index (Phi) is 3.30. The van der Waals surface area contributed by atoms with E-state index in [9.17, 15) is 4.79 Å². The molecule has 1 aromatic carbocycles. The van der Waals surface area contributed by atoms with Crippen LogP contribution in [0.2, 0.25) is 0 Å². The van der Waals surface area contributed by atoms with Crippen LogP contribution < -0.4 is 0 Å². The standard InChI is InChI=1S/C13H16O2/c1-13(2,3)9-8-10-4-6-11(7-5-10)12(14)15/h4-9H,1-3H3,(H,14,15)/b9-8+. The summed E-state index contributed by atoms with van der Waals surface area (Å²) in [6, 6.07) is 6.85. The molecule has 0 saturated carbocycles. The fraction of sp³-hybridized carbons (Fsp3) is 0.308. The number of hydrogen-bond donors (Lipinski definition) is 1. The largest absolute Gasteiger partial charge is 0.478 e. The molecule has 0 aliphatic rings. The topological polar surface area (TPSA) is 37.3 Å². The van der Waals surface area contributed by atoms with Crippen LogP contribution in [0.3, 0.4) is 0 Å². The fourth-order valence-electron chi connectivity index (χ4n) is 1.08. The zero-order chi connectivity index (χ0) is 11.5. The summed E-state index contributed by atoms with van der Waals surface area (Å²) in [6.45, 7) is 6.36. The van der Waals surface area contributed by atoms with Gasteiger partial charge in [-0.2, -0.15) is 0 Å². The molecule has 80 valence electrons. The number of hydrogen-bond acceptors (Lipinski definition) is 1. The van der Waals surface area contributed by atoms with Crippen molar-refractivity contribution in [1.29, 1.82) is 0 Å². The number of carboxylic acid groups (broad SMARTS) is 1. The van der Waals surface area contributed by atoms with Gasteiger partial charge in [0.15, 0.2) is 0 Å². The molecule has 1 N–H and O–H groups in total. The Balaban J connectivity index is 2.82. The van der Waals surface area contributed by atoms with Gasteiger partial charge in [0, 0.05) is 0 Å². The lowest BCUT2D eigenvalue weighted by atomic mass is 9.95. The van der Waals surface area contributed by atoms with E-state index in [1.807, 2.05) is 18.2 Å². The molecule has 0 saturated heterocycles. The second kappa shape index (κ2) is 4.30. The van der Waals surface area contributed by atoms with Crippen LogP contribution in [0.5, 0.6) is 0 Å². The summed E-state index contributed by atoms with van der Waals surface area (Å²) in [4.78, 5) is 10.6. The Hall–Kier alpha value is -1.57. The van der Waals surface area contributed by atoms with Gasteiger partial charge in [0.05, 0.1) is 5.56 Å². The molecule has 0 aromatic heterocycles. The van der Waals surface area contributed by atoms with Gasteiger partial charge in [0.1, 0.15) is 0 Å². The van der Waals surface area contributed by atoms with Crippen molar-refractivity contribution >= 4 is 12.0 Å². The van der Waals surface area contributed by atoms with Crippen LogP contribution >= 0.6 is 0 Å². The highest BCUT2D eigenvalue weighted by atomic mass is 16.4. The molecule has 2 nitrogen and oxygen atoms in total. The maximum atomic E-state index is 10.6. The summed E-state index contributed by atoms with van der Waals surface area (Å²) in [5.74, 6) is -0.888. The number of carboxylic acids is 1. The van der Waals surface area contributed by atoms with Gasteiger partial charge in [-0.3, -0.25) is 0 Å². The minimum absolute atomic E-state index is 0.144. The zero-order valence-electron chi connectivity index (χ0n) is 9.32. The summed E-state index contributed by atoms with van der Waals surface area (Å²) in [6.07, 6.45) is 4.11. The molecule has 1 aromatic rings. The number of rotatable bonds is 2. The molecule has 0 radical (unpaired) electrons. The summed E-state index contributed by atoms with van der Waals surface area (Å²) in [5, 5.41) is 8.72. The third-order valence-corrected chi connectivity index (χ3v) is 1.93. The van der Waals surface area contributed by atoms with Crippen LogP contribution in [-0.2, 0) is 0 Å². The van der Waals surface area contributed by atoms with Crippen molar-refractivity contribution in [2.24, 2.45) is 5.41 Å². The quantitative estimate of drug-likeness (QED) is 0.801. The minimum atomic E-state index is -0.888. The van der Waals surface area contributed by atoms with E-state index in [2.05, 4.69) is 26.8 Å². The molecule has 1 rings (SSSR count). The SMILES string of the molecule is CC(C)(C)/C=C/c1ccc(C(=O)O)cc1. The van der Waals surface area contributed by atoms with Gasteiger partial charge >= 0.3 is 5.97 Å². The summed E-state index contributed by atoms with van der Waals surface area (Å²) >= 11 is 0. The van der Waals surface area contributed by atoms with E-state index in [0.717, 1.165) is 5.56 Å². The molecule has 0 atom stereocenters. The van der Waals surface area contributed by atoms with E-state index < -0.39 is 5.97 Å². The summed E-state index contributed by atoms with van der Waals surface area (Å²) in [5.41, 5.74) is 1.49. The number of allylic oxidation sites excluding steroid dienone is 1. The highest BCUT2D eigenvalue weighted by Gasteiger charge is 2.04. The lowest BCUT2D eigenvalue weighted by Crippen LogP contribution is -1.98. The summed E-state index contributed by atoms with van der Waals surface area (Å²) < 4.78 is 0. The smallest absolute Gasteiger partial charge is 0.335 e. The minimum Gasteiger partial charge on any atom is -0.478 e. The van der Waals surface area contributed by atoms with Gasteiger partial charge in [0.2, 0.25) is 0 Å². The molecule has 2 heteroatoms. The second-order valence-corrected chi connectivity index (χ2v) is 4.63. The molecule has 0 aliphatic heterocycles. The average molecular weight is 204 g/mol. The number of aromatic carboxylic acids is 1. The second-order valence-electron chi connectivity index (χ2n) is 4.63. The molecule has 0 aliphatic carbocycles. The molecule has 0 spiro atoms. The van der Waals surface area contributed by atoms with E-state index >= 15 is 0 Å². The van der Waals surface area contributed by atoms with E-state index in [1.165, 1.54) is 0 Å². The van der Waals surface area contributed by atoms with Crippen molar-refractivity contribution in [2.45, 2.75) is 20.8 Å². The van der Waals surface area contributed by atoms with E-state index in [1.54, 1.807) is 12.1 Å². The fourth-order valence-corrected chi connectivity index (χ4v) is 1.08. The Bertz CT molecular complexity index is 367. The maximum Gasteiger partial charge on any atom is 0.335 e. The molecule has 0 heterocycles.